The van der Waals surface area contributed by atoms with Gasteiger partial charge in [0.05, 0.1) is 5.69 Å². The number of piperazine rings is 1. The molecule has 0 atom stereocenters. The van der Waals surface area contributed by atoms with E-state index in [0.717, 1.165) is 13.1 Å². The Morgan fingerprint density at radius 2 is 1.95 bits per heavy atom. The molecule has 3 N–H and O–H groups in total. The van der Waals surface area contributed by atoms with Gasteiger partial charge in [0, 0.05) is 32.6 Å². The van der Waals surface area contributed by atoms with Crippen molar-refractivity contribution >= 4 is 11.9 Å². The number of rotatable bonds is 5. The standard InChI is InChI=1S/C12H20N6O3/c1-16-4-6-17(7-5-16)10(19)8-18-9(2-3-13)11(12(20)21)14-15-18/h2-8,13H2,1H3,(H,20,21). The Kier molecular flexibility index (Phi) is 4.86. The van der Waals surface area contributed by atoms with Crippen molar-refractivity contribution in [3.63, 3.8) is 0 Å². The molecule has 1 fully saturated rings. The second kappa shape index (κ2) is 6.64. The SMILES string of the molecule is CN1CCN(C(=O)Cn2nnc(C(=O)O)c2CCN)CC1. The van der Waals surface area contributed by atoms with Crippen LogP contribution in [0.2, 0.25) is 0 Å². The van der Waals surface area contributed by atoms with E-state index in [1.807, 2.05) is 7.05 Å². The molecule has 0 unspecified atom stereocenters. The number of aromatic nitrogens is 3. The largest absolute Gasteiger partial charge is 0.476 e. The molecule has 9 nitrogen and oxygen atoms in total. The summed E-state index contributed by atoms with van der Waals surface area (Å²) in [4.78, 5) is 27.2. The van der Waals surface area contributed by atoms with Crippen LogP contribution in [0.15, 0.2) is 0 Å². The number of carbonyl (C=O) groups excluding carboxylic acids is 1. The van der Waals surface area contributed by atoms with E-state index in [2.05, 4.69) is 15.2 Å². The van der Waals surface area contributed by atoms with Gasteiger partial charge in [0.15, 0.2) is 5.69 Å². The van der Waals surface area contributed by atoms with Crippen molar-refractivity contribution in [1.29, 1.82) is 0 Å². The van der Waals surface area contributed by atoms with E-state index < -0.39 is 5.97 Å². The van der Waals surface area contributed by atoms with Crippen LogP contribution < -0.4 is 5.73 Å². The summed E-state index contributed by atoms with van der Waals surface area (Å²) in [7, 11) is 2.01. The maximum Gasteiger partial charge on any atom is 0.358 e. The Balaban J connectivity index is 2.08. The van der Waals surface area contributed by atoms with Gasteiger partial charge in [-0.05, 0) is 13.6 Å². The molecule has 0 saturated carbocycles. The first kappa shape index (κ1) is 15.4. The second-order valence-corrected chi connectivity index (χ2v) is 5.07. The van der Waals surface area contributed by atoms with Crippen molar-refractivity contribution in [2.75, 3.05) is 39.8 Å². The normalized spacial score (nSPS) is 16.2. The number of carboxylic acid groups (broad SMARTS) is 1. The Labute approximate surface area is 122 Å². The molecular weight excluding hydrogens is 276 g/mol. The van der Waals surface area contributed by atoms with Crippen molar-refractivity contribution < 1.29 is 14.7 Å². The fraction of sp³-hybridized carbons (Fsp3) is 0.667. The van der Waals surface area contributed by atoms with E-state index in [-0.39, 0.29) is 24.7 Å². The number of hydrogen-bond donors (Lipinski definition) is 2. The van der Waals surface area contributed by atoms with Gasteiger partial charge in [0.25, 0.3) is 0 Å². The zero-order chi connectivity index (χ0) is 15.4. The van der Waals surface area contributed by atoms with E-state index in [9.17, 15) is 9.59 Å². The van der Waals surface area contributed by atoms with Crippen molar-refractivity contribution in [1.82, 2.24) is 24.8 Å². The molecule has 2 heterocycles. The summed E-state index contributed by atoms with van der Waals surface area (Å²) >= 11 is 0. The van der Waals surface area contributed by atoms with Crippen LogP contribution in [-0.4, -0.2) is 81.5 Å². The Bertz CT molecular complexity index is 521. The fourth-order valence-corrected chi connectivity index (χ4v) is 2.29. The summed E-state index contributed by atoms with van der Waals surface area (Å²) in [5.74, 6) is -1.24. The summed E-state index contributed by atoms with van der Waals surface area (Å²) in [6.07, 6.45) is 0.324. The molecular formula is C12H20N6O3. The Morgan fingerprint density at radius 3 is 2.52 bits per heavy atom. The second-order valence-electron chi connectivity index (χ2n) is 5.07. The maximum absolute atomic E-state index is 12.2. The first-order chi connectivity index (χ1) is 10.0. The van der Waals surface area contributed by atoms with Crippen LogP contribution in [0.3, 0.4) is 0 Å². The average molecular weight is 296 g/mol. The third kappa shape index (κ3) is 3.56. The molecule has 0 aliphatic carbocycles. The van der Waals surface area contributed by atoms with Crippen molar-refractivity contribution in [2.45, 2.75) is 13.0 Å². The lowest BCUT2D eigenvalue weighted by molar-refractivity contribution is -0.133. The highest BCUT2D eigenvalue weighted by Crippen LogP contribution is 2.08. The number of hydrogen-bond acceptors (Lipinski definition) is 6. The molecule has 9 heteroatoms. The van der Waals surface area contributed by atoms with Gasteiger partial charge < -0.3 is 20.6 Å². The van der Waals surface area contributed by atoms with Crippen LogP contribution in [0.25, 0.3) is 0 Å². The number of carbonyl (C=O) groups is 2. The van der Waals surface area contributed by atoms with Gasteiger partial charge in [0.1, 0.15) is 6.54 Å². The van der Waals surface area contributed by atoms with Crippen LogP contribution in [0.1, 0.15) is 16.2 Å². The van der Waals surface area contributed by atoms with Crippen molar-refractivity contribution in [2.24, 2.45) is 5.73 Å². The number of nitrogens with two attached hydrogens (primary N) is 1. The van der Waals surface area contributed by atoms with Gasteiger partial charge in [-0.15, -0.1) is 5.10 Å². The lowest BCUT2D eigenvalue weighted by Crippen LogP contribution is -2.48. The summed E-state index contributed by atoms with van der Waals surface area (Å²) < 4.78 is 1.34. The summed E-state index contributed by atoms with van der Waals surface area (Å²) in [6, 6.07) is 0. The van der Waals surface area contributed by atoms with E-state index in [1.165, 1.54) is 4.68 Å². The van der Waals surface area contributed by atoms with Crippen molar-refractivity contribution in [3.05, 3.63) is 11.4 Å². The van der Waals surface area contributed by atoms with Gasteiger partial charge in [-0.3, -0.25) is 4.79 Å². The van der Waals surface area contributed by atoms with Gasteiger partial charge in [-0.1, -0.05) is 5.21 Å². The summed E-state index contributed by atoms with van der Waals surface area (Å²) in [5.41, 5.74) is 5.75. The minimum Gasteiger partial charge on any atom is -0.476 e. The zero-order valence-electron chi connectivity index (χ0n) is 12.0. The lowest BCUT2D eigenvalue weighted by Gasteiger charge is -2.32. The number of nitrogens with zero attached hydrogens (tertiary/aromatic N) is 5. The fourth-order valence-electron chi connectivity index (χ4n) is 2.29. The highest BCUT2D eigenvalue weighted by molar-refractivity contribution is 5.86. The van der Waals surface area contributed by atoms with Crippen LogP contribution in [0, 0.1) is 0 Å². The number of carboxylic acids is 1. The van der Waals surface area contributed by atoms with Crippen LogP contribution in [-0.2, 0) is 17.8 Å². The first-order valence-electron chi connectivity index (χ1n) is 6.85. The minimum absolute atomic E-state index is 0.000667. The smallest absolute Gasteiger partial charge is 0.358 e. The minimum atomic E-state index is -1.16. The first-order valence-corrected chi connectivity index (χ1v) is 6.85. The highest BCUT2D eigenvalue weighted by Gasteiger charge is 2.23. The van der Waals surface area contributed by atoms with Crippen LogP contribution in [0.4, 0.5) is 0 Å². The quantitative estimate of drug-likeness (QED) is 0.661. The third-order valence-corrected chi connectivity index (χ3v) is 3.56. The topological polar surface area (TPSA) is 118 Å². The van der Waals surface area contributed by atoms with Crippen LogP contribution >= 0.6 is 0 Å². The predicted octanol–water partition coefficient (Wildman–Crippen LogP) is -1.75. The average Bonchev–Trinajstić information content (AvgIpc) is 2.83. The monoisotopic (exact) mass is 296 g/mol. The van der Waals surface area contributed by atoms with E-state index in [0.29, 0.717) is 25.2 Å². The summed E-state index contributed by atoms with van der Waals surface area (Å²) in [6.45, 7) is 3.28. The van der Waals surface area contributed by atoms with Crippen molar-refractivity contribution in [3.8, 4) is 0 Å². The maximum atomic E-state index is 12.2. The Hall–Kier alpha value is -2.00. The van der Waals surface area contributed by atoms with E-state index >= 15 is 0 Å². The molecule has 0 bridgehead atoms. The lowest BCUT2D eigenvalue weighted by atomic mass is 10.2. The molecule has 2 rings (SSSR count). The molecule has 1 aromatic heterocycles. The molecule has 0 aromatic carbocycles. The molecule has 1 amide bonds. The molecule has 0 spiro atoms. The third-order valence-electron chi connectivity index (χ3n) is 3.56. The zero-order valence-corrected chi connectivity index (χ0v) is 12.0. The van der Waals surface area contributed by atoms with Gasteiger partial charge in [0.2, 0.25) is 5.91 Å². The van der Waals surface area contributed by atoms with Gasteiger partial charge in [-0.2, -0.15) is 0 Å². The predicted molar refractivity (Wildman–Crippen MR) is 73.8 cm³/mol. The molecule has 116 valence electrons. The molecule has 1 aliphatic rings. The van der Waals surface area contributed by atoms with E-state index in [1.54, 1.807) is 4.90 Å². The van der Waals surface area contributed by atoms with E-state index in [4.69, 9.17) is 10.8 Å². The summed E-state index contributed by atoms with van der Waals surface area (Å²) in [5, 5.41) is 16.5. The molecule has 0 radical (unpaired) electrons. The van der Waals surface area contributed by atoms with Crippen LogP contribution in [0.5, 0.6) is 0 Å². The molecule has 21 heavy (non-hydrogen) atoms. The number of amides is 1. The number of aromatic carboxylic acids is 1. The molecule has 1 aromatic rings. The van der Waals surface area contributed by atoms with Gasteiger partial charge in [-0.25, -0.2) is 9.48 Å². The highest BCUT2D eigenvalue weighted by atomic mass is 16.4. The Morgan fingerprint density at radius 1 is 1.29 bits per heavy atom. The molecule has 1 aliphatic heterocycles. The number of likely N-dealkylation sites (N-methyl/N-ethyl adjacent to an activating group) is 1. The molecule has 1 saturated heterocycles. The van der Waals surface area contributed by atoms with Gasteiger partial charge >= 0.3 is 5.97 Å².